The van der Waals surface area contributed by atoms with Crippen molar-refractivity contribution >= 4 is 11.8 Å². The number of likely N-dealkylation sites (tertiary alicyclic amines) is 2. The van der Waals surface area contributed by atoms with Crippen LogP contribution in [0.2, 0.25) is 0 Å². The van der Waals surface area contributed by atoms with Crippen LogP contribution in [0.4, 0.5) is 0 Å². The number of hydrogen-bond donors (Lipinski definition) is 5. The van der Waals surface area contributed by atoms with Crippen LogP contribution in [0.3, 0.4) is 0 Å². The second-order valence-corrected chi connectivity index (χ2v) is 11.9. The Hall–Kier alpha value is -1.30. The Labute approximate surface area is 215 Å². The first-order chi connectivity index (χ1) is 17.5. The van der Waals surface area contributed by atoms with Crippen molar-refractivity contribution in [3.05, 3.63) is 0 Å². The van der Waals surface area contributed by atoms with Crippen LogP contribution in [0.25, 0.3) is 0 Å². The number of carbonyl (C=O) groups excluding carboxylic acids is 2. The molecule has 5 rings (SSSR count). The molecule has 1 aliphatic carbocycles. The molecule has 204 valence electrons. The zero-order valence-corrected chi connectivity index (χ0v) is 21.9. The lowest BCUT2D eigenvalue weighted by Gasteiger charge is -2.42. The van der Waals surface area contributed by atoms with Gasteiger partial charge in [-0.15, -0.1) is 0 Å². The second-order valence-electron chi connectivity index (χ2n) is 11.9. The van der Waals surface area contributed by atoms with Crippen LogP contribution in [0, 0.1) is 17.8 Å². The lowest BCUT2D eigenvalue weighted by molar-refractivity contribution is -0.123. The van der Waals surface area contributed by atoms with Crippen molar-refractivity contribution in [3.63, 3.8) is 0 Å². The van der Waals surface area contributed by atoms with E-state index in [9.17, 15) is 9.59 Å². The van der Waals surface area contributed by atoms with Crippen molar-refractivity contribution in [2.75, 3.05) is 32.7 Å². The lowest BCUT2D eigenvalue weighted by Crippen LogP contribution is -2.57. The van der Waals surface area contributed by atoms with Crippen molar-refractivity contribution < 1.29 is 14.4 Å². The molecule has 6 N–H and O–H groups in total. The molecule has 5 aliphatic rings. The highest BCUT2D eigenvalue weighted by atomic mass is 16.7. The maximum atomic E-state index is 11.5. The molecule has 5 atom stereocenters. The first kappa shape index (κ1) is 26.3. The van der Waals surface area contributed by atoms with E-state index < -0.39 is 0 Å². The van der Waals surface area contributed by atoms with E-state index in [4.69, 9.17) is 10.6 Å². The molecule has 0 aromatic rings. The largest absolute Gasteiger partial charge is 0.369 e. The van der Waals surface area contributed by atoms with Crippen molar-refractivity contribution in [1.29, 1.82) is 0 Å². The van der Waals surface area contributed by atoms with Gasteiger partial charge in [0.1, 0.15) is 6.23 Å². The van der Waals surface area contributed by atoms with Crippen molar-refractivity contribution in [3.8, 4) is 0 Å². The predicted molar refractivity (Wildman–Crippen MR) is 137 cm³/mol. The number of nitrogens with one attached hydrogen (secondary N) is 4. The SMILES string of the molecule is CC(=O)NC1CCC(CN2CCCC2C2NC(C3CCNC(N4CCC(C(N)=O)CC4)C3)NO2)CC1. The van der Waals surface area contributed by atoms with E-state index in [0.29, 0.717) is 30.1 Å². The zero-order chi connectivity index (χ0) is 25.1. The van der Waals surface area contributed by atoms with E-state index >= 15 is 0 Å². The highest BCUT2D eigenvalue weighted by Gasteiger charge is 2.42. The molecule has 1 saturated carbocycles. The summed E-state index contributed by atoms with van der Waals surface area (Å²) in [5, 5.41) is 10.6. The fourth-order valence-corrected chi connectivity index (χ4v) is 7.34. The number of nitrogens with zero attached hydrogens (tertiary/aromatic N) is 2. The van der Waals surface area contributed by atoms with Crippen LogP contribution in [0.5, 0.6) is 0 Å². The fourth-order valence-electron chi connectivity index (χ4n) is 7.34. The van der Waals surface area contributed by atoms with Crippen LogP contribution < -0.4 is 27.2 Å². The summed E-state index contributed by atoms with van der Waals surface area (Å²) in [7, 11) is 0. The standard InChI is InChI=1S/C26H47N7O3/c1-17(34)29-21-6-4-18(5-7-21)16-33-12-2-3-22(33)26-30-25(31-36-26)20-8-11-28-23(15-20)32-13-9-19(10-14-32)24(27)35/h18-23,25-26,28,30-31H,2-16H2,1H3,(H2,27,35)(H,29,34). The summed E-state index contributed by atoms with van der Waals surface area (Å²) >= 11 is 0. The van der Waals surface area contributed by atoms with E-state index in [1.54, 1.807) is 6.92 Å². The van der Waals surface area contributed by atoms with Gasteiger partial charge in [-0.25, -0.2) is 0 Å². The van der Waals surface area contributed by atoms with Crippen LogP contribution in [-0.2, 0) is 14.4 Å². The summed E-state index contributed by atoms with van der Waals surface area (Å²) in [6, 6.07) is 0.780. The van der Waals surface area contributed by atoms with E-state index in [1.165, 1.54) is 25.7 Å². The molecular formula is C26H47N7O3. The fraction of sp³-hybridized carbons (Fsp3) is 0.923. The van der Waals surface area contributed by atoms with Gasteiger partial charge in [0.25, 0.3) is 0 Å². The van der Waals surface area contributed by atoms with Crippen LogP contribution in [-0.4, -0.2) is 85.0 Å². The molecule has 0 aromatic heterocycles. The molecule has 2 amide bonds. The Balaban J connectivity index is 1.08. The highest BCUT2D eigenvalue weighted by Crippen LogP contribution is 2.31. The second kappa shape index (κ2) is 12.0. The molecule has 4 heterocycles. The predicted octanol–water partition coefficient (Wildman–Crippen LogP) is 0.445. The number of nitrogens with two attached hydrogens (primary N) is 1. The third kappa shape index (κ3) is 6.39. The quantitative estimate of drug-likeness (QED) is 0.338. The zero-order valence-electron chi connectivity index (χ0n) is 21.9. The molecule has 0 spiro atoms. The van der Waals surface area contributed by atoms with Crippen molar-refractivity contribution in [2.45, 2.75) is 102 Å². The number of carbonyl (C=O) groups is 2. The number of piperidine rings is 2. The van der Waals surface area contributed by atoms with Gasteiger partial charge < -0.3 is 16.4 Å². The van der Waals surface area contributed by atoms with Gasteiger partial charge in [0.15, 0.2) is 0 Å². The summed E-state index contributed by atoms with van der Waals surface area (Å²) in [6.07, 6.45) is 11.5. The minimum atomic E-state index is -0.148. The van der Waals surface area contributed by atoms with E-state index in [-0.39, 0.29) is 30.1 Å². The van der Waals surface area contributed by atoms with E-state index in [2.05, 4.69) is 31.2 Å². The summed E-state index contributed by atoms with van der Waals surface area (Å²) < 4.78 is 0. The minimum absolute atomic E-state index is 0.0351. The highest BCUT2D eigenvalue weighted by molar-refractivity contribution is 5.76. The van der Waals surface area contributed by atoms with Gasteiger partial charge in [0, 0.05) is 38.5 Å². The molecule has 4 saturated heterocycles. The van der Waals surface area contributed by atoms with Crippen molar-refractivity contribution in [2.24, 2.45) is 23.5 Å². The number of primary amides is 1. The van der Waals surface area contributed by atoms with Gasteiger partial charge in [-0.05, 0) is 89.1 Å². The average Bonchev–Trinajstić information content (AvgIpc) is 3.55. The molecule has 5 unspecified atom stereocenters. The summed E-state index contributed by atoms with van der Waals surface area (Å²) in [4.78, 5) is 34.2. The van der Waals surface area contributed by atoms with E-state index in [0.717, 1.165) is 71.2 Å². The molecule has 0 radical (unpaired) electrons. The van der Waals surface area contributed by atoms with E-state index in [1.807, 2.05) is 0 Å². The third-order valence-corrected chi connectivity index (χ3v) is 9.44. The maximum absolute atomic E-state index is 11.5. The molecule has 36 heavy (non-hydrogen) atoms. The third-order valence-electron chi connectivity index (χ3n) is 9.44. The summed E-state index contributed by atoms with van der Waals surface area (Å²) in [6.45, 7) is 6.79. The number of hydrogen-bond acceptors (Lipinski definition) is 8. The number of rotatable bonds is 7. The molecule has 10 heteroatoms. The lowest BCUT2D eigenvalue weighted by atomic mass is 9.85. The van der Waals surface area contributed by atoms with Crippen LogP contribution in [0.1, 0.15) is 71.1 Å². The smallest absolute Gasteiger partial charge is 0.220 e. The van der Waals surface area contributed by atoms with Crippen molar-refractivity contribution in [1.82, 2.24) is 31.2 Å². The minimum Gasteiger partial charge on any atom is -0.369 e. The molecule has 0 bridgehead atoms. The Kier molecular flexibility index (Phi) is 8.80. The normalized spacial score (nSPS) is 39.3. The molecule has 10 nitrogen and oxygen atoms in total. The van der Waals surface area contributed by atoms with Crippen LogP contribution in [0.15, 0.2) is 0 Å². The Morgan fingerprint density at radius 2 is 1.81 bits per heavy atom. The van der Waals surface area contributed by atoms with Gasteiger partial charge in [-0.3, -0.25) is 29.5 Å². The number of hydroxylamine groups is 1. The van der Waals surface area contributed by atoms with Gasteiger partial charge in [0.2, 0.25) is 11.8 Å². The average molecular weight is 506 g/mol. The summed E-state index contributed by atoms with van der Waals surface area (Å²) in [5.41, 5.74) is 8.88. The molecule has 0 aromatic carbocycles. The summed E-state index contributed by atoms with van der Waals surface area (Å²) in [5.74, 6) is 1.20. The number of amides is 2. The van der Waals surface area contributed by atoms with Gasteiger partial charge in [-0.1, -0.05) is 0 Å². The maximum Gasteiger partial charge on any atom is 0.220 e. The molecular weight excluding hydrogens is 458 g/mol. The first-order valence-corrected chi connectivity index (χ1v) is 14.4. The Morgan fingerprint density at radius 1 is 1.03 bits per heavy atom. The van der Waals surface area contributed by atoms with Gasteiger partial charge in [0.05, 0.1) is 18.4 Å². The Morgan fingerprint density at radius 3 is 2.53 bits per heavy atom. The monoisotopic (exact) mass is 505 g/mol. The Bertz CT molecular complexity index is 754. The molecule has 4 aliphatic heterocycles. The van der Waals surface area contributed by atoms with Gasteiger partial charge >= 0.3 is 0 Å². The first-order valence-electron chi connectivity index (χ1n) is 14.4. The molecule has 5 fully saturated rings. The van der Waals surface area contributed by atoms with Crippen LogP contribution >= 0.6 is 0 Å². The van der Waals surface area contributed by atoms with Gasteiger partial charge in [-0.2, -0.15) is 5.48 Å². The topological polar surface area (TPSA) is 124 Å².